The molecule has 4 bridgehead atoms. The van der Waals surface area contributed by atoms with Crippen molar-refractivity contribution < 1.29 is 14.3 Å². The first-order chi connectivity index (χ1) is 13.0. The summed E-state index contributed by atoms with van der Waals surface area (Å²) in [5.74, 6) is 2.34. The van der Waals surface area contributed by atoms with Gasteiger partial charge >= 0.3 is 5.97 Å². The zero-order valence-electron chi connectivity index (χ0n) is 16.1. The van der Waals surface area contributed by atoms with Gasteiger partial charge in [0.25, 0.3) is 0 Å². The van der Waals surface area contributed by atoms with E-state index in [0.29, 0.717) is 12.0 Å². The van der Waals surface area contributed by atoms with Crippen molar-refractivity contribution in [3.63, 3.8) is 0 Å². The molecule has 1 N–H and O–H groups in total. The summed E-state index contributed by atoms with van der Waals surface area (Å²) in [6.07, 6.45) is 12.7. The molecule has 4 nitrogen and oxygen atoms in total. The Morgan fingerprint density at radius 1 is 1.07 bits per heavy atom. The van der Waals surface area contributed by atoms with E-state index < -0.39 is 0 Å². The molecule has 0 aliphatic heterocycles. The zero-order chi connectivity index (χ0) is 18.6. The molecule has 4 saturated carbocycles. The molecule has 0 atom stereocenters. The van der Waals surface area contributed by atoms with Crippen molar-refractivity contribution in [3.05, 3.63) is 16.0 Å². The van der Waals surface area contributed by atoms with Gasteiger partial charge in [0.1, 0.15) is 5.00 Å². The second kappa shape index (κ2) is 6.61. The number of hydrogen-bond acceptors (Lipinski definition) is 4. The van der Waals surface area contributed by atoms with Crippen LogP contribution < -0.4 is 5.32 Å². The Labute approximate surface area is 165 Å². The largest absolute Gasteiger partial charge is 0.465 e. The Balaban J connectivity index is 1.35. The predicted octanol–water partition coefficient (Wildman–Crippen LogP) is 4.96. The van der Waals surface area contributed by atoms with Crippen molar-refractivity contribution in [2.45, 2.75) is 70.6 Å². The fraction of sp³-hybridized carbons (Fsp3) is 0.727. The maximum Gasteiger partial charge on any atom is 0.341 e. The number of esters is 1. The molecule has 5 heteroatoms. The predicted molar refractivity (Wildman–Crippen MR) is 106 cm³/mol. The molecule has 6 rings (SSSR count). The van der Waals surface area contributed by atoms with E-state index in [1.54, 1.807) is 11.3 Å². The topological polar surface area (TPSA) is 55.4 Å². The lowest BCUT2D eigenvalue weighted by Crippen LogP contribution is -2.47. The van der Waals surface area contributed by atoms with E-state index in [1.807, 2.05) is 0 Å². The van der Waals surface area contributed by atoms with E-state index in [4.69, 9.17) is 4.74 Å². The maximum atomic E-state index is 13.0. The van der Waals surface area contributed by atoms with Gasteiger partial charge in [-0.1, -0.05) is 0 Å². The number of fused-ring (bicyclic) bond motifs is 1. The monoisotopic (exact) mass is 387 g/mol. The summed E-state index contributed by atoms with van der Waals surface area (Å²) >= 11 is 1.59. The summed E-state index contributed by atoms with van der Waals surface area (Å²) in [4.78, 5) is 26.7. The summed E-state index contributed by atoms with van der Waals surface area (Å²) in [5.41, 5.74) is 1.96. The molecule has 5 aliphatic carbocycles. The number of amides is 1. The standard InChI is InChI=1S/C22H29NO3S/c1-26-21(25)19-16-4-2-3-5-17(16)27-20(19)23-18(24)12-22-9-13-6-14(10-22)8-15(7-13)11-22/h13-15H,2-12H2,1H3,(H,23,24). The van der Waals surface area contributed by atoms with Gasteiger partial charge in [0.15, 0.2) is 0 Å². The van der Waals surface area contributed by atoms with Gasteiger partial charge in [0.05, 0.1) is 12.7 Å². The number of aryl methyl sites for hydroxylation is 1. The third-order valence-corrected chi connectivity index (χ3v) is 8.72. The summed E-state index contributed by atoms with van der Waals surface area (Å²) < 4.78 is 5.03. The van der Waals surface area contributed by atoms with Crippen LogP contribution in [0.5, 0.6) is 0 Å². The minimum Gasteiger partial charge on any atom is -0.465 e. The average Bonchev–Trinajstić information content (AvgIpc) is 2.96. The number of carbonyl (C=O) groups is 2. The number of anilines is 1. The molecular weight excluding hydrogens is 358 g/mol. The SMILES string of the molecule is COC(=O)c1c(NC(=O)CC23CC4CC(CC(C4)C2)C3)sc2c1CCCC2. The van der Waals surface area contributed by atoms with Crippen molar-refractivity contribution in [1.82, 2.24) is 0 Å². The first kappa shape index (κ1) is 17.7. The van der Waals surface area contributed by atoms with E-state index in [-0.39, 0.29) is 17.3 Å². The number of hydrogen-bond donors (Lipinski definition) is 1. The first-order valence-electron chi connectivity index (χ1n) is 10.6. The third-order valence-electron chi connectivity index (χ3n) is 7.51. The van der Waals surface area contributed by atoms with E-state index in [2.05, 4.69) is 5.32 Å². The van der Waals surface area contributed by atoms with Gasteiger partial charge in [-0.05, 0) is 92.9 Å². The maximum absolute atomic E-state index is 13.0. The number of ether oxygens (including phenoxy) is 1. The Morgan fingerprint density at radius 3 is 2.33 bits per heavy atom. The van der Waals surface area contributed by atoms with Crippen LogP contribution >= 0.6 is 11.3 Å². The number of rotatable bonds is 4. The summed E-state index contributed by atoms with van der Waals surface area (Å²) in [7, 11) is 1.43. The molecule has 0 aromatic carbocycles. The Kier molecular flexibility index (Phi) is 4.34. The fourth-order valence-corrected chi connectivity index (χ4v) is 8.28. The third kappa shape index (κ3) is 3.12. The van der Waals surface area contributed by atoms with Crippen LogP contribution in [0.3, 0.4) is 0 Å². The quantitative estimate of drug-likeness (QED) is 0.743. The average molecular weight is 388 g/mol. The summed E-state index contributed by atoms with van der Waals surface area (Å²) in [6.45, 7) is 0. The van der Waals surface area contributed by atoms with Gasteiger partial charge in [-0.3, -0.25) is 4.79 Å². The van der Waals surface area contributed by atoms with Crippen LogP contribution in [0.4, 0.5) is 5.00 Å². The Hall–Kier alpha value is -1.36. The number of nitrogens with one attached hydrogen (secondary N) is 1. The minimum atomic E-state index is -0.306. The van der Waals surface area contributed by atoms with Gasteiger partial charge < -0.3 is 10.1 Å². The highest BCUT2D eigenvalue weighted by Crippen LogP contribution is 2.61. The Bertz CT molecular complexity index is 745. The lowest BCUT2D eigenvalue weighted by atomic mass is 9.49. The lowest BCUT2D eigenvalue weighted by Gasteiger charge is -2.56. The lowest BCUT2D eigenvalue weighted by molar-refractivity contribution is -0.124. The molecule has 1 aromatic rings. The molecule has 27 heavy (non-hydrogen) atoms. The first-order valence-corrected chi connectivity index (χ1v) is 11.4. The number of methoxy groups -OCH3 is 1. The molecule has 0 saturated heterocycles. The minimum absolute atomic E-state index is 0.0979. The van der Waals surface area contributed by atoms with Crippen molar-refractivity contribution in [1.29, 1.82) is 0 Å². The molecule has 0 spiro atoms. The van der Waals surface area contributed by atoms with Gasteiger partial charge in [-0.25, -0.2) is 4.79 Å². The number of carbonyl (C=O) groups excluding carboxylic acids is 2. The number of thiophene rings is 1. The van der Waals surface area contributed by atoms with Crippen molar-refractivity contribution in [2.75, 3.05) is 12.4 Å². The molecule has 1 amide bonds. The van der Waals surface area contributed by atoms with Crippen molar-refractivity contribution in [2.24, 2.45) is 23.2 Å². The van der Waals surface area contributed by atoms with E-state index in [0.717, 1.165) is 54.0 Å². The smallest absolute Gasteiger partial charge is 0.341 e. The summed E-state index contributed by atoms with van der Waals surface area (Å²) in [6, 6.07) is 0. The molecule has 1 heterocycles. The van der Waals surface area contributed by atoms with E-state index >= 15 is 0 Å². The highest BCUT2D eigenvalue weighted by Gasteiger charge is 2.51. The van der Waals surface area contributed by atoms with Crippen LogP contribution in [0, 0.1) is 23.2 Å². The zero-order valence-corrected chi connectivity index (χ0v) is 17.0. The molecule has 4 fully saturated rings. The van der Waals surface area contributed by atoms with Crippen molar-refractivity contribution in [3.8, 4) is 0 Å². The molecule has 146 valence electrons. The molecule has 5 aliphatic rings. The highest BCUT2D eigenvalue weighted by molar-refractivity contribution is 7.17. The molecule has 0 radical (unpaired) electrons. The van der Waals surface area contributed by atoms with Gasteiger partial charge in [0, 0.05) is 11.3 Å². The molecular formula is C22H29NO3S. The van der Waals surface area contributed by atoms with Crippen LogP contribution in [0.25, 0.3) is 0 Å². The molecule has 0 unspecified atom stereocenters. The van der Waals surface area contributed by atoms with Crippen molar-refractivity contribution >= 4 is 28.2 Å². The summed E-state index contributed by atoms with van der Waals surface area (Å²) in [5, 5.41) is 3.86. The Morgan fingerprint density at radius 2 is 1.70 bits per heavy atom. The second-order valence-electron chi connectivity index (χ2n) is 9.55. The molecule has 1 aromatic heterocycles. The van der Waals surface area contributed by atoms with Gasteiger partial charge in [-0.2, -0.15) is 0 Å². The highest BCUT2D eigenvalue weighted by atomic mass is 32.1. The van der Waals surface area contributed by atoms with E-state index in [1.165, 1.54) is 50.5 Å². The fourth-order valence-electron chi connectivity index (χ4n) is 6.99. The normalized spacial score (nSPS) is 33.6. The van der Waals surface area contributed by atoms with Gasteiger partial charge in [-0.15, -0.1) is 11.3 Å². The van der Waals surface area contributed by atoms with Gasteiger partial charge in [0.2, 0.25) is 5.91 Å². The van der Waals surface area contributed by atoms with Crippen LogP contribution in [0.2, 0.25) is 0 Å². The van der Waals surface area contributed by atoms with Crippen LogP contribution in [0.15, 0.2) is 0 Å². The van der Waals surface area contributed by atoms with Crippen LogP contribution in [-0.2, 0) is 22.4 Å². The van der Waals surface area contributed by atoms with Crippen LogP contribution in [0.1, 0.15) is 78.6 Å². The van der Waals surface area contributed by atoms with Crippen LogP contribution in [-0.4, -0.2) is 19.0 Å². The van der Waals surface area contributed by atoms with E-state index in [9.17, 15) is 9.59 Å². The second-order valence-corrected chi connectivity index (χ2v) is 10.7.